The minimum absolute atomic E-state index is 0.0430. The second-order valence-corrected chi connectivity index (χ2v) is 27.6. The molecule has 0 heterocycles. The van der Waals surface area contributed by atoms with Crippen LogP contribution in [0.3, 0.4) is 0 Å². The van der Waals surface area contributed by atoms with E-state index in [0.717, 1.165) is 148 Å². The number of carbonyl (C=O) groups is 2. The quantitative estimate of drug-likeness (QED) is 0.0264. The maximum Gasteiger partial charge on any atom is 0.472 e. The largest absolute Gasteiger partial charge is 0.472 e. The molecule has 0 rings (SSSR count). The van der Waals surface area contributed by atoms with Crippen LogP contribution in [0, 0.1) is 0 Å². The van der Waals surface area contributed by atoms with Crippen molar-refractivity contribution in [3.8, 4) is 0 Å². The van der Waals surface area contributed by atoms with Gasteiger partial charge in [0.2, 0.25) is 0 Å². The fourth-order valence-electron chi connectivity index (χ4n) is 10.9. The van der Waals surface area contributed by atoms with Crippen molar-refractivity contribution in [2.45, 2.75) is 341 Å². The lowest BCUT2D eigenvalue weighted by Crippen LogP contribution is -2.29. The van der Waals surface area contributed by atoms with Crippen LogP contribution in [0.15, 0.2) is 182 Å². The summed E-state index contributed by atoms with van der Waals surface area (Å²) >= 11 is 0. The van der Waals surface area contributed by atoms with E-state index in [1.54, 1.807) is 0 Å². The first kappa shape index (κ1) is 94.1. The van der Waals surface area contributed by atoms with E-state index in [0.29, 0.717) is 6.42 Å². The molecule has 0 aliphatic carbocycles. The summed E-state index contributed by atoms with van der Waals surface area (Å²) in [5.41, 5.74) is 5.41. The van der Waals surface area contributed by atoms with Crippen molar-refractivity contribution in [2.24, 2.45) is 5.73 Å². The van der Waals surface area contributed by atoms with Gasteiger partial charge in [-0.05, 0) is 135 Å². The second kappa shape index (κ2) is 82.1. The number of esters is 2. The van der Waals surface area contributed by atoms with E-state index in [2.05, 4.69) is 196 Å². The molecular weight excluding hydrogens is 1240 g/mol. The van der Waals surface area contributed by atoms with Gasteiger partial charge in [-0.3, -0.25) is 18.6 Å². The Morgan fingerprint density at radius 1 is 0.303 bits per heavy atom. The molecule has 10 heteroatoms. The lowest BCUT2D eigenvalue weighted by atomic mass is 10.0. The average Bonchev–Trinajstić information content (AvgIpc) is 1.35. The molecule has 0 saturated heterocycles. The Kier molecular flexibility index (Phi) is 78.0. The van der Waals surface area contributed by atoms with Gasteiger partial charge in [-0.15, -0.1) is 0 Å². The van der Waals surface area contributed by atoms with Crippen LogP contribution in [-0.4, -0.2) is 49.3 Å². The molecule has 2 atom stereocenters. The Labute approximate surface area is 609 Å². The van der Waals surface area contributed by atoms with Crippen LogP contribution >= 0.6 is 7.82 Å². The summed E-state index contributed by atoms with van der Waals surface area (Å²) in [6, 6.07) is 0. The molecule has 0 fully saturated rings. The summed E-state index contributed by atoms with van der Waals surface area (Å²) in [6.07, 6.45) is 123. The highest BCUT2D eigenvalue weighted by atomic mass is 31.2. The van der Waals surface area contributed by atoms with Gasteiger partial charge >= 0.3 is 19.8 Å². The van der Waals surface area contributed by atoms with Gasteiger partial charge in [0.15, 0.2) is 6.10 Å². The maximum atomic E-state index is 12.8. The highest BCUT2D eigenvalue weighted by Gasteiger charge is 2.26. The van der Waals surface area contributed by atoms with E-state index >= 15 is 0 Å². The number of nitrogens with two attached hydrogens (primary N) is 1. The number of rotatable bonds is 74. The summed E-state index contributed by atoms with van der Waals surface area (Å²) in [7, 11) is -4.41. The summed E-state index contributed by atoms with van der Waals surface area (Å²) in [5.74, 6) is -0.849. The molecule has 562 valence electrons. The summed E-state index contributed by atoms with van der Waals surface area (Å²) < 4.78 is 33.2. The van der Waals surface area contributed by atoms with Gasteiger partial charge in [-0.1, -0.05) is 369 Å². The number of ether oxygens (including phenoxy) is 2. The third-order valence-electron chi connectivity index (χ3n) is 16.8. The minimum atomic E-state index is -4.41. The summed E-state index contributed by atoms with van der Waals surface area (Å²) in [4.78, 5) is 35.5. The first-order chi connectivity index (χ1) is 48.8. The van der Waals surface area contributed by atoms with Crippen LogP contribution < -0.4 is 5.73 Å². The van der Waals surface area contributed by atoms with Crippen molar-refractivity contribution in [1.82, 2.24) is 0 Å². The van der Waals surface area contributed by atoms with Crippen molar-refractivity contribution >= 4 is 19.8 Å². The van der Waals surface area contributed by atoms with Gasteiger partial charge in [0.05, 0.1) is 13.2 Å². The van der Waals surface area contributed by atoms with Gasteiger partial charge in [0.25, 0.3) is 0 Å². The number of allylic oxidation sites excluding steroid dienone is 30. The van der Waals surface area contributed by atoms with Crippen molar-refractivity contribution in [3.05, 3.63) is 182 Å². The third-order valence-corrected chi connectivity index (χ3v) is 17.8. The molecule has 0 aromatic carbocycles. The zero-order chi connectivity index (χ0) is 71.5. The molecule has 0 bridgehead atoms. The molecule has 99 heavy (non-hydrogen) atoms. The Bertz CT molecular complexity index is 2290. The van der Waals surface area contributed by atoms with Gasteiger partial charge < -0.3 is 20.1 Å². The van der Waals surface area contributed by atoms with Crippen LogP contribution in [0.4, 0.5) is 0 Å². The SMILES string of the molecule is CC/C=C\C/C=C\C/C=C\C/C=C\C/C=C\C/C=C\C/C=C\C/C=C\C/C=C\C/C=C\C/C=C\CCCCCCCC(=O)OC(COC(=O)CCCCCCCCCCCCCCCCCCCCCCCCCCCC/C=C\C/C=C\C/C=C\C/C=C\CC)COP(=O)(O)OCCN. The zero-order valence-electron chi connectivity index (χ0n) is 63.4. The monoisotopic (exact) mass is 1390 g/mol. The van der Waals surface area contributed by atoms with Gasteiger partial charge in [-0.25, -0.2) is 4.57 Å². The molecule has 0 amide bonds. The molecule has 2 unspecified atom stereocenters. The van der Waals surface area contributed by atoms with Crippen LogP contribution in [0.1, 0.15) is 335 Å². The molecule has 0 saturated carbocycles. The summed E-state index contributed by atoms with van der Waals surface area (Å²) in [5, 5.41) is 0. The molecule has 0 radical (unpaired) electrons. The average molecular weight is 1390 g/mol. The van der Waals surface area contributed by atoms with E-state index in [9.17, 15) is 19.0 Å². The van der Waals surface area contributed by atoms with E-state index < -0.39 is 26.5 Å². The van der Waals surface area contributed by atoms with E-state index in [-0.39, 0.29) is 38.6 Å². The molecule has 0 aromatic rings. The highest BCUT2D eigenvalue weighted by molar-refractivity contribution is 7.47. The lowest BCUT2D eigenvalue weighted by Gasteiger charge is -2.19. The number of hydrogen-bond donors (Lipinski definition) is 2. The number of unbranched alkanes of at least 4 members (excludes halogenated alkanes) is 31. The van der Waals surface area contributed by atoms with Crippen molar-refractivity contribution in [2.75, 3.05) is 26.4 Å². The Balaban J connectivity index is 3.90. The zero-order valence-corrected chi connectivity index (χ0v) is 64.3. The lowest BCUT2D eigenvalue weighted by molar-refractivity contribution is -0.161. The number of carbonyl (C=O) groups excluding carboxylic acids is 2. The number of phosphoric ester groups is 1. The normalized spacial score (nSPS) is 13.9. The second-order valence-electron chi connectivity index (χ2n) is 26.2. The Hall–Kier alpha value is -4.89. The fraction of sp³-hybridized carbons (Fsp3) is 0.640. The molecule has 0 aliphatic rings. The molecule has 0 spiro atoms. The van der Waals surface area contributed by atoms with Crippen molar-refractivity contribution in [1.29, 1.82) is 0 Å². The number of phosphoric acid groups is 1. The smallest absolute Gasteiger partial charge is 0.462 e. The van der Waals surface area contributed by atoms with Gasteiger partial charge in [0, 0.05) is 19.4 Å². The van der Waals surface area contributed by atoms with Crippen LogP contribution in [0.25, 0.3) is 0 Å². The van der Waals surface area contributed by atoms with Crippen LogP contribution in [-0.2, 0) is 32.7 Å². The standard InChI is InChI=1S/C89H148NO8P/c1-3-5-7-9-11-13-15-17-19-21-23-25-27-29-31-33-35-37-39-41-43-45-47-49-51-53-55-57-59-61-63-65-67-69-71-73-75-77-79-81-88(91)95-85-87(86-97-99(93,94)96-84-83-90)98-89(92)82-80-78-76-74-72-70-68-66-64-62-60-58-56-54-52-50-48-46-44-42-40-38-36-34-32-30-28-26-24-22-20-18-16-14-12-10-8-6-4-2/h5-8,11-14,17-20,23-26,30,32,36,38,42,44,48,50,54,56,60,62,66,68,87H,3-4,9-10,15-16,21-22,27-29,31,33-35,37,39-41,43,45-47,49,51-53,55,57-59,61,63-65,67,69-86,90H2,1-2H3,(H,93,94)/b7-5-,8-6-,13-11-,14-12-,19-17-,20-18-,25-23-,26-24-,32-30-,38-36-,44-42-,50-48-,56-54-,62-60-,68-66-. The molecule has 0 aliphatic heterocycles. The summed E-state index contributed by atoms with van der Waals surface area (Å²) in [6.45, 7) is 3.51. The Morgan fingerprint density at radius 2 is 0.525 bits per heavy atom. The predicted octanol–water partition coefficient (Wildman–Crippen LogP) is 27.4. The van der Waals surface area contributed by atoms with Crippen LogP contribution in [0.5, 0.6) is 0 Å². The topological polar surface area (TPSA) is 134 Å². The van der Waals surface area contributed by atoms with E-state index in [1.807, 2.05) is 0 Å². The molecule has 3 N–H and O–H groups in total. The van der Waals surface area contributed by atoms with Crippen molar-refractivity contribution < 1.29 is 37.6 Å². The van der Waals surface area contributed by atoms with E-state index in [1.165, 1.54) is 154 Å². The first-order valence-electron chi connectivity index (χ1n) is 40.3. The first-order valence-corrected chi connectivity index (χ1v) is 41.8. The van der Waals surface area contributed by atoms with Gasteiger partial charge in [0.1, 0.15) is 6.61 Å². The molecular formula is C89H148NO8P. The van der Waals surface area contributed by atoms with Gasteiger partial charge in [-0.2, -0.15) is 0 Å². The predicted molar refractivity (Wildman–Crippen MR) is 431 cm³/mol. The molecule has 0 aromatic heterocycles. The van der Waals surface area contributed by atoms with Crippen molar-refractivity contribution in [3.63, 3.8) is 0 Å². The minimum Gasteiger partial charge on any atom is -0.462 e. The van der Waals surface area contributed by atoms with Crippen LogP contribution in [0.2, 0.25) is 0 Å². The Morgan fingerprint density at radius 3 is 0.778 bits per heavy atom. The number of hydrogen-bond acceptors (Lipinski definition) is 8. The third kappa shape index (κ3) is 82.0. The fourth-order valence-corrected chi connectivity index (χ4v) is 11.7. The maximum absolute atomic E-state index is 12.8. The van der Waals surface area contributed by atoms with E-state index in [4.69, 9.17) is 24.3 Å². The highest BCUT2D eigenvalue weighted by Crippen LogP contribution is 2.43. The molecule has 9 nitrogen and oxygen atoms in total.